The fourth-order valence-electron chi connectivity index (χ4n) is 2.44. The minimum atomic E-state index is 0.0521. The quantitative estimate of drug-likeness (QED) is 0.710. The fraction of sp³-hybridized carbons (Fsp3) is 0.0556. The van der Waals surface area contributed by atoms with E-state index >= 15 is 0 Å². The first kappa shape index (κ1) is 15.8. The van der Waals surface area contributed by atoms with E-state index in [0.717, 1.165) is 16.7 Å². The smallest absolute Gasteiger partial charge is 0.222 e. The second kappa shape index (κ2) is 6.60. The van der Waals surface area contributed by atoms with Gasteiger partial charge in [0, 0.05) is 10.5 Å². The molecule has 0 aliphatic carbocycles. The summed E-state index contributed by atoms with van der Waals surface area (Å²) >= 11 is 1.70. The number of nitrogen functional groups attached to an aromatic ring is 2. The Labute approximate surface area is 144 Å². The molecule has 0 saturated carbocycles. The van der Waals surface area contributed by atoms with Crippen LogP contribution >= 0.6 is 11.8 Å². The molecule has 0 spiro atoms. The third kappa shape index (κ3) is 3.03. The predicted molar refractivity (Wildman–Crippen MR) is 98.2 cm³/mol. The molecule has 3 aromatic rings. The lowest BCUT2D eigenvalue weighted by atomic mass is 10.00. The summed E-state index contributed by atoms with van der Waals surface area (Å²) in [5, 5.41) is 9.34. The molecule has 0 unspecified atom stereocenters. The Morgan fingerprint density at radius 3 is 2.33 bits per heavy atom. The van der Waals surface area contributed by atoms with Gasteiger partial charge in [-0.25, -0.2) is 4.98 Å². The molecule has 118 valence electrons. The highest BCUT2D eigenvalue weighted by atomic mass is 32.2. The van der Waals surface area contributed by atoms with Crippen LogP contribution in [0.3, 0.4) is 0 Å². The van der Waals surface area contributed by atoms with Crippen molar-refractivity contribution >= 4 is 23.5 Å². The van der Waals surface area contributed by atoms with Crippen LogP contribution < -0.4 is 11.5 Å². The molecule has 4 N–H and O–H groups in total. The van der Waals surface area contributed by atoms with E-state index in [0.29, 0.717) is 5.69 Å². The van der Waals surface area contributed by atoms with Crippen LogP contribution in [0.15, 0.2) is 53.4 Å². The van der Waals surface area contributed by atoms with Crippen molar-refractivity contribution in [2.45, 2.75) is 4.90 Å². The van der Waals surface area contributed by atoms with Crippen molar-refractivity contribution in [3.05, 3.63) is 54.1 Å². The number of benzene rings is 2. The van der Waals surface area contributed by atoms with Crippen LogP contribution in [-0.2, 0) is 0 Å². The van der Waals surface area contributed by atoms with Gasteiger partial charge in [0.1, 0.15) is 17.5 Å². The minimum Gasteiger partial charge on any atom is -0.382 e. The summed E-state index contributed by atoms with van der Waals surface area (Å²) in [5.41, 5.74) is 15.1. The van der Waals surface area contributed by atoms with Crippen LogP contribution in [0.25, 0.3) is 22.4 Å². The van der Waals surface area contributed by atoms with Crippen molar-refractivity contribution in [1.82, 2.24) is 9.97 Å². The molecule has 0 fully saturated rings. The highest BCUT2D eigenvalue weighted by molar-refractivity contribution is 7.98. The first-order valence-electron chi connectivity index (χ1n) is 7.20. The molecule has 0 saturated heterocycles. The van der Waals surface area contributed by atoms with Crippen LogP contribution in [0.5, 0.6) is 0 Å². The first-order chi connectivity index (χ1) is 11.6. The number of aromatic nitrogens is 2. The number of nitriles is 1. The molecule has 5 nitrogen and oxygen atoms in total. The normalized spacial score (nSPS) is 10.3. The van der Waals surface area contributed by atoms with E-state index in [1.807, 2.05) is 30.5 Å². The summed E-state index contributed by atoms with van der Waals surface area (Å²) < 4.78 is 0. The van der Waals surface area contributed by atoms with Crippen LogP contribution in [0.4, 0.5) is 11.8 Å². The Balaban J connectivity index is 2.10. The molecule has 24 heavy (non-hydrogen) atoms. The van der Waals surface area contributed by atoms with E-state index in [9.17, 15) is 5.26 Å². The number of hydrogen-bond donors (Lipinski definition) is 2. The monoisotopic (exact) mass is 333 g/mol. The van der Waals surface area contributed by atoms with Gasteiger partial charge >= 0.3 is 0 Å². The lowest BCUT2D eigenvalue weighted by molar-refractivity contribution is 1.18. The topological polar surface area (TPSA) is 102 Å². The van der Waals surface area contributed by atoms with E-state index in [4.69, 9.17) is 11.5 Å². The summed E-state index contributed by atoms with van der Waals surface area (Å²) in [5.74, 6) is 0.144. The lowest BCUT2D eigenvalue weighted by Gasteiger charge is -2.09. The predicted octanol–water partition coefficient (Wildman–Crippen LogP) is 3.57. The zero-order valence-electron chi connectivity index (χ0n) is 13.0. The Kier molecular flexibility index (Phi) is 4.36. The van der Waals surface area contributed by atoms with E-state index in [1.165, 1.54) is 4.90 Å². The van der Waals surface area contributed by atoms with E-state index in [2.05, 4.69) is 40.3 Å². The number of nitrogens with zero attached hydrogens (tertiary/aromatic N) is 3. The van der Waals surface area contributed by atoms with Crippen LogP contribution in [0, 0.1) is 11.3 Å². The molecule has 1 heterocycles. The average Bonchev–Trinajstić information content (AvgIpc) is 2.61. The van der Waals surface area contributed by atoms with Gasteiger partial charge in [-0.3, -0.25) is 0 Å². The maximum Gasteiger partial charge on any atom is 0.222 e. The minimum absolute atomic E-state index is 0.0521. The van der Waals surface area contributed by atoms with Gasteiger partial charge in [0.15, 0.2) is 0 Å². The fourth-order valence-corrected chi connectivity index (χ4v) is 2.85. The van der Waals surface area contributed by atoms with E-state index < -0.39 is 0 Å². The molecule has 0 aliphatic rings. The number of rotatable bonds is 3. The number of anilines is 2. The summed E-state index contributed by atoms with van der Waals surface area (Å²) in [6.07, 6.45) is 2.04. The third-order valence-electron chi connectivity index (χ3n) is 3.63. The van der Waals surface area contributed by atoms with Crippen LogP contribution in [-0.4, -0.2) is 16.2 Å². The number of hydrogen-bond acceptors (Lipinski definition) is 6. The lowest BCUT2D eigenvalue weighted by Crippen LogP contribution is -2.04. The largest absolute Gasteiger partial charge is 0.382 e. The molecule has 0 aliphatic heterocycles. The second-order valence-electron chi connectivity index (χ2n) is 5.11. The maximum absolute atomic E-state index is 9.34. The van der Waals surface area contributed by atoms with Crippen LogP contribution in [0.1, 0.15) is 5.56 Å². The van der Waals surface area contributed by atoms with Gasteiger partial charge in [0.05, 0.1) is 5.69 Å². The van der Waals surface area contributed by atoms with Gasteiger partial charge in [-0.2, -0.15) is 10.2 Å². The SMILES string of the molecule is CSc1ccc(-c2cccc(-c3nc(N)nc(N)c3C#N)c2)cc1. The van der Waals surface area contributed by atoms with Crippen molar-refractivity contribution in [1.29, 1.82) is 5.26 Å². The zero-order valence-corrected chi connectivity index (χ0v) is 13.8. The molecule has 0 radical (unpaired) electrons. The third-order valence-corrected chi connectivity index (χ3v) is 4.37. The first-order valence-corrected chi connectivity index (χ1v) is 8.43. The Bertz CT molecular complexity index is 929. The molecule has 3 rings (SSSR count). The molecule has 0 amide bonds. The van der Waals surface area contributed by atoms with Crippen LogP contribution in [0.2, 0.25) is 0 Å². The van der Waals surface area contributed by atoms with Gasteiger partial charge < -0.3 is 11.5 Å². The van der Waals surface area contributed by atoms with Gasteiger partial charge in [0.25, 0.3) is 0 Å². The van der Waals surface area contributed by atoms with Crippen molar-refractivity contribution < 1.29 is 0 Å². The molecular formula is C18H15N5S. The highest BCUT2D eigenvalue weighted by Gasteiger charge is 2.13. The molecule has 1 aromatic heterocycles. The Hall–Kier alpha value is -3.04. The standard InChI is InChI=1S/C18H15N5S/c1-24-14-7-5-11(6-8-14)12-3-2-4-13(9-12)16-15(10-19)17(20)23-18(21)22-16/h2-9H,1H3,(H4,20,21,22,23). The summed E-state index contributed by atoms with van der Waals surface area (Å²) in [4.78, 5) is 9.25. The molecule has 2 aromatic carbocycles. The van der Waals surface area contributed by atoms with Gasteiger partial charge in [0.2, 0.25) is 5.95 Å². The maximum atomic E-state index is 9.34. The molecular weight excluding hydrogens is 318 g/mol. The summed E-state index contributed by atoms with van der Waals surface area (Å²) in [6.45, 7) is 0. The summed E-state index contributed by atoms with van der Waals surface area (Å²) in [7, 11) is 0. The molecule has 0 atom stereocenters. The van der Waals surface area contributed by atoms with Gasteiger partial charge in [-0.1, -0.05) is 30.3 Å². The Morgan fingerprint density at radius 2 is 1.67 bits per heavy atom. The van der Waals surface area contributed by atoms with E-state index in [-0.39, 0.29) is 17.3 Å². The highest BCUT2D eigenvalue weighted by Crippen LogP contribution is 2.30. The molecule has 0 bridgehead atoms. The Morgan fingerprint density at radius 1 is 0.958 bits per heavy atom. The number of thioether (sulfide) groups is 1. The van der Waals surface area contributed by atoms with Crippen molar-refractivity contribution in [2.24, 2.45) is 0 Å². The van der Waals surface area contributed by atoms with Gasteiger partial charge in [-0.15, -0.1) is 11.8 Å². The van der Waals surface area contributed by atoms with Crippen molar-refractivity contribution in [3.8, 4) is 28.5 Å². The zero-order chi connectivity index (χ0) is 17.1. The second-order valence-corrected chi connectivity index (χ2v) is 5.99. The van der Waals surface area contributed by atoms with Crippen molar-refractivity contribution in [2.75, 3.05) is 17.7 Å². The van der Waals surface area contributed by atoms with E-state index in [1.54, 1.807) is 11.8 Å². The van der Waals surface area contributed by atoms with Gasteiger partial charge in [-0.05, 0) is 35.6 Å². The molecule has 6 heteroatoms. The average molecular weight is 333 g/mol. The van der Waals surface area contributed by atoms with Crippen molar-refractivity contribution in [3.63, 3.8) is 0 Å². The number of nitrogens with two attached hydrogens (primary N) is 2. The summed E-state index contributed by atoms with van der Waals surface area (Å²) in [6, 6.07) is 18.1.